The van der Waals surface area contributed by atoms with Crippen LogP contribution in [-0.2, 0) is 16.0 Å². The zero-order valence-corrected chi connectivity index (χ0v) is 18.3. The van der Waals surface area contributed by atoms with Crippen molar-refractivity contribution in [3.05, 3.63) is 39.7 Å². The molecule has 2 aliphatic rings. The third kappa shape index (κ3) is 4.71. The van der Waals surface area contributed by atoms with Gasteiger partial charge in [0, 0.05) is 35.7 Å². The molecular weight excluding hydrogens is 382 g/mol. The number of nitrogens with zero attached hydrogens (tertiary/aromatic N) is 2. The fourth-order valence-corrected chi connectivity index (χ4v) is 5.50. The molecule has 1 aromatic heterocycles. The number of benzene rings is 1. The average Bonchev–Trinajstić information content (AvgIpc) is 3.38. The Labute approximate surface area is 177 Å². The first kappa shape index (κ1) is 20.5. The molecule has 1 amide bonds. The second kappa shape index (κ2) is 8.94. The van der Waals surface area contributed by atoms with Crippen LogP contribution < -0.4 is 5.32 Å². The van der Waals surface area contributed by atoms with Gasteiger partial charge in [-0.1, -0.05) is 29.8 Å². The van der Waals surface area contributed by atoms with Gasteiger partial charge >= 0.3 is 0 Å². The Kier molecular flexibility index (Phi) is 6.32. The van der Waals surface area contributed by atoms with Crippen LogP contribution in [-0.4, -0.2) is 54.2 Å². The number of nitrogens with one attached hydrogen (secondary N) is 1. The summed E-state index contributed by atoms with van der Waals surface area (Å²) >= 11 is 1.63. The summed E-state index contributed by atoms with van der Waals surface area (Å²) in [6, 6.07) is 8.38. The molecule has 0 radical (unpaired) electrons. The van der Waals surface area contributed by atoms with Gasteiger partial charge in [0.1, 0.15) is 0 Å². The van der Waals surface area contributed by atoms with E-state index in [2.05, 4.69) is 41.4 Å². The standard InChI is InChI=1S/C23H31N3O2S/c1-17-5-7-19(8-6-17)22-20(29-18(2)25-22)15-21(27)24-16-23(9-13-28-14-10-23)26-11-3-4-12-26/h5-8H,3-4,9-16H2,1-2H3,(H,24,27). The summed E-state index contributed by atoms with van der Waals surface area (Å²) in [6.07, 6.45) is 4.91. The summed E-state index contributed by atoms with van der Waals surface area (Å²) in [7, 11) is 0. The SMILES string of the molecule is Cc1ccc(-c2nc(C)sc2CC(=O)NCC2(N3CCCC3)CCOCC2)cc1. The van der Waals surface area contributed by atoms with Crippen molar-refractivity contribution in [1.82, 2.24) is 15.2 Å². The molecule has 4 rings (SSSR count). The van der Waals surface area contributed by atoms with Crippen molar-refractivity contribution in [2.24, 2.45) is 0 Å². The van der Waals surface area contributed by atoms with Crippen molar-refractivity contribution >= 4 is 17.2 Å². The molecule has 0 saturated carbocycles. The van der Waals surface area contributed by atoms with Crippen LogP contribution in [0.5, 0.6) is 0 Å². The summed E-state index contributed by atoms with van der Waals surface area (Å²) in [4.78, 5) is 21.2. The fraction of sp³-hybridized carbons (Fsp3) is 0.565. The number of hydrogen-bond acceptors (Lipinski definition) is 5. The molecule has 2 fully saturated rings. The van der Waals surface area contributed by atoms with Gasteiger partial charge in [-0.05, 0) is 52.6 Å². The monoisotopic (exact) mass is 413 g/mol. The Bertz CT molecular complexity index is 834. The number of amides is 1. The summed E-state index contributed by atoms with van der Waals surface area (Å²) in [5.74, 6) is 0.0899. The number of aryl methyl sites for hydroxylation is 2. The molecule has 1 aromatic carbocycles. The van der Waals surface area contributed by atoms with E-state index < -0.39 is 0 Å². The van der Waals surface area contributed by atoms with Crippen molar-refractivity contribution in [2.75, 3.05) is 32.8 Å². The molecule has 6 heteroatoms. The zero-order valence-electron chi connectivity index (χ0n) is 17.5. The molecule has 2 aromatic rings. The van der Waals surface area contributed by atoms with Gasteiger partial charge in [0.25, 0.3) is 0 Å². The van der Waals surface area contributed by atoms with Crippen molar-refractivity contribution in [1.29, 1.82) is 0 Å². The van der Waals surface area contributed by atoms with E-state index >= 15 is 0 Å². The molecule has 5 nitrogen and oxygen atoms in total. The molecule has 156 valence electrons. The summed E-state index contributed by atoms with van der Waals surface area (Å²) in [5.41, 5.74) is 3.32. The van der Waals surface area contributed by atoms with Gasteiger partial charge in [0.15, 0.2) is 0 Å². The van der Waals surface area contributed by atoms with E-state index in [1.54, 1.807) is 11.3 Å². The van der Waals surface area contributed by atoms with E-state index in [0.29, 0.717) is 13.0 Å². The first-order valence-electron chi connectivity index (χ1n) is 10.7. The maximum absolute atomic E-state index is 12.9. The van der Waals surface area contributed by atoms with Crippen LogP contribution in [0.4, 0.5) is 0 Å². The molecule has 3 heterocycles. The quantitative estimate of drug-likeness (QED) is 0.784. The normalized spacial score (nSPS) is 19.4. The van der Waals surface area contributed by atoms with Gasteiger partial charge < -0.3 is 10.1 Å². The minimum absolute atomic E-state index is 0.0633. The number of hydrogen-bond donors (Lipinski definition) is 1. The van der Waals surface area contributed by atoms with Crippen LogP contribution in [0, 0.1) is 13.8 Å². The number of carbonyl (C=O) groups is 1. The highest BCUT2D eigenvalue weighted by atomic mass is 32.1. The third-order valence-electron chi connectivity index (χ3n) is 6.27. The molecule has 1 N–H and O–H groups in total. The lowest BCUT2D eigenvalue weighted by Gasteiger charge is -2.44. The Hall–Kier alpha value is -1.76. The Morgan fingerprint density at radius 3 is 2.55 bits per heavy atom. The maximum Gasteiger partial charge on any atom is 0.225 e. The van der Waals surface area contributed by atoms with Crippen molar-refractivity contribution < 1.29 is 9.53 Å². The molecule has 0 spiro atoms. The topological polar surface area (TPSA) is 54.5 Å². The summed E-state index contributed by atoms with van der Waals surface area (Å²) in [5, 5.41) is 4.26. The number of likely N-dealkylation sites (tertiary alicyclic amines) is 1. The molecule has 0 aliphatic carbocycles. The average molecular weight is 414 g/mol. The van der Waals surface area contributed by atoms with E-state index in [1.165, 1.54) is 18.4 Å². The number of ether oxygens (including phenoxy) is 1. The second-order valence-corrected chi connectivity index (χ2v) is 9.64. The number of thiazole rings is 1. The lowest BCUT2D eigenvalue weighted by atomic mass is 9.88. The third-order valence-corrected chi connectivity index (χ3v) is 7.24. The van der Waals surface area contributed by atoms with Crippen LogP contribution in [0.25, 0.3) is 11.3 Å². The van der Waals surface area contributed by atoms with Gasteiger partial charge in [0.05, 0.1) is 17.1 Å². The lowest BCUT2D eigenvalue weighted by Crippen LogP contribution is -2.57. The molecule has 0 atom stereocenters. The fourth-order valence-electron chi connectivity index (χ4n) is 4.55. The van der Waals surface area contributed by atoms with E-state index in [0.717, 1.165) is 60.3 Å². The highest BCUT2D eigenvalue weighted by Gasteiger charge is 2.39. The minimum atomic E-state index is 0.0633. The van der Waals surface area contributed by atoms with Crippen molar-refractivity contribution in [3.63, 3.8) is 0 Å². The van der Waals surface area contributed by atoms with Crippen LogP contribution in [0.15, 0.2) is 24.3 Å². The van der Waals surface area contributed by atoms with E-state index in [-0.39, 0.29) is 11.4 Å². The zero-order chi connectivity index (χ0) is 20.3. The van der Waals surface area contributed by atoms with Crippen LogP contribution in [0.1, 0.15) is 41.1 Å². The molecule has 29 heavy (non-hydrogen) atoms. The highest BCUT2D eigenvalue weighted by Crippen LogP contribution is 2.31. The van der Waals surface area contributed by atoms with Gasteiger partial charge in [-0.25, -0.2) is 4.98 Å². The molecular formula is C23H31N3O2S. The van der Waals surface area contributed by atoms with Crippen LogP contribution in [0.2, 0.25) is 0 Å². The molecule has 0 bridgehead atoms. The number of aromatic nitrogens is 1. The predicted molar refractivity (Wildman–Crippen MR) is 117 cm³/mol. The Balaban J connectivity index is 1.44. The van der Waals surface area contributed by atoms with Gasteiger partial charge in [-0.2, -0.15) is 0 Å². The van der Waals surface area contributed by atoms with Crippen molar-refractivity contribution in [3.8, 4) is 11.3 Å². The lowest BCUT2D eigenvalue weighted by molar-refractivity contribution is -0.121. The number of carbonyl (C=O) groups excluding carboxylic acids is 1. The van der Waals surface area contributed by atoms with Crippen LogP contribution in [0.3, 0.4) is 0 Å². The van der Waals surface area contributed by atoms with E-state index in [9.17, 15) is 4.79 Å². The second-order valence-electron chi connectivity index (χ2n) is 8.36. The summed E-state index contributed by atoms with van der Waals surface area (Å²) < 4.78 is 5.62. The van der Waals surface area contributed by atoms with Gasteiger partial charge in [0.2, 0.25) is 5.91 Å². The minimum Gasteiger partial charge on any atom is -0.381 e. The molecule has 2 aliphatic heterocycles. The predicted octanol–water partition coefficient (Wildman–Crippen LogP) is 3.73. The van der Waals surface area contributed by atoms with E-state index in [1.807, 2.05) is 6.92 Å². The maximum atomic E-state index is 12.9. The summed E-state index contributed by atoms with van der Waals surface area (Å²) in [6.45, 7) is 8.66. The molecule has 0 unspecified atom stereocenters. The van der Waals surface area contributed by atoms with Gasteiger partial charge in [-0.3, -0.25) is 9.69 Å². The van der Waals surface area contributed by atoms with Crippen molar-refractivity contribution in [2.45, 2.75) is 51.5 Å². The first-order chi connectivity index (χ1) is 14.1. The largest absolute Gasteiger partial charge is 0.381 e. The highest BCUT2D eigenvalue weighted by molar-refractivity contribution is 7.12. The van der Waals surface area contributed by atoms with Gasteiger partial charge in [-0.15, -0.1) is 11.3 Å². The molecule has 2 saturated heterocycles. The van der Waals surface area contributed by atoms with E-state index in [4.69, 9.17) is 9.72 Å². The van der Waals surface area contributed by atoms with Crippen LogP contribution >= 0.6 is 11.3 Å². The first-order valence-corrected chi connectivity index (χ1v) is 11.5. The Morgan fingerprint density at radius 2 is 1.86 bits per heavy atom. The number of rotatable bonds is 6. The smallest absolute Gasteiger partial charge is 0.225 e. The Morgan fingerprint density at radius 1 is 1.17 bits per heavy atom.